The molecule has 0 spiro atoms. The molecule has 0 aromatic heterocycles. The predicted molar refractivity (Wildman–Crippen MR) is 75.7 cm³/mol. The summed E-state index contributed by atoms with van der Waals surface area (Å²) in [5.74, 6) is 1.34. The van der Waals surface area contributed by atoms with Gasteiger partial charge in [-0.1, -0.05) is 6.07 Å². The van der Waals surface area contributed by atoms with Gasteiger partial charge in [0.25, 0.3) is 0 Å². The monoisotopic (exact) mass is 277 g/mol. The van der Waals surface area contributed by atoms with Gasteiger partial charge >= 0.3 is 0 Å². The van der Waals surface area contributed by atoms with Gasteiger partial charge in [0.05, 0.1) is 0 Å². The van der Waals surface area contributed by atoms with Gasteiger partial charge < -0.3 is 19.5 Å². The van der Waals surface area contributed by atoms with Gasteiger partial charge in [0.1, 0.15) is 0 Å². The summed E-state index contributed by atoms with van der Waals surface area (Å²) < 4.78 is 15.7. The van der Waals surface area contributed by atoms with Gasteiger partial charge in [-0.15, -0.1) is 0 Å². The Kier molecular flexibility index (Phi) is 5.43. The largest absolute Gasteiger partial charge is 0.454 e. The average molecular weight is 277 g/mol. The minimum absolute atomic E-state index is 0.112. The van der Waals surface area contributed by atoms with Crippen LogP contribution in [0, 0.1) is 0 Å². The van der Waals surface area contributed by atoms with Crippen LogP contribution in [0.2, 0.25) is 0 Å². The van der Waals surface area contributed by atoms with E-state index in [1.165, 1.54) is 6.08 Å². The molecule has 1 aliphatic rings. The molecule has 1 amide bonds. The maximum atomic E-state index is 11.6. The van der Waals surface area contributed by atoms with Gasteiger partial charge in [0, 0.05) is 25.8 Å². The summed E-state index contributed by atoms with van der Waals surface area (Å²) in [7, 11) is 0. The van der Waals surface area contributed by atoms with Gasteiger partial charge in [-0.3, -0.25) is 4.79 Å². The van der Waals surface area contributed by atoms with E-state index in [2.05, 4.69) is 5.32 Å². The van der Waals surface area contributed by atoms with Crippen LogP contribution in [0.5, 0.6) is 11.5 Å². The van der Waals surface area contributed by atoms with Crippen LogP contribution in [0.25, 0.3) is 6.08 Å². The van der Waals surface area contributed by atoms with Crippen molar-refractivity contribution in [2.24, 2.45) is 0 Å². The fourth-order valence-corrected chi connectivity index (χ4v) is 1.78. The third-order valence-electron chi connectivity index (χ3n) is 2.79. The number of hydrogen-bond donors (Lipinski definition) is 1. The number of benzene rings is 1. The lowest BCUT2D eigenvalue weighted by Gasteiger charge is -2.02. The zero-order valence-electron chi connectivity index (χ0n) is 11.6. The third kappa shape index (κ3) is 4.28. The van der Waals surface area contributed by atoms with Crippen LogP contribution in [-0.2, 0) is 9.53 Å². The van der Waals surface area contributed by atoms with E-state index in [4.69, 9.17) is 14.2 Å². The molecule has 0 unspecified atom stereocenters. The Hall–Kier alpha value is -2.01. The van der Waals surface area contributed by atoms with Crippen molar-refractivity contribution in [3.8, 4) is 11.5 Å². The summed E-state index contributed by atoms with van der Waals surface area (Å²) in [6.07, 6.45) is 4.08. The molecule has 108 valence electrons. The summed E-state index contributed by atoms with van der Waals surface area (Å²) in [4.78, 5) is 11.6. The van der Waals surface area contributed by atoms with Crippen molar-refractivity contribution < 1.29 is 19.0 Å². The SMILES string of the molecule is CCOCCCNC(=O)/C=C/c1ccc2c(c1)OCO2. The Morgan fingerprint density at radius 3 is 3.10 bits per heavy atom. The molecule has 1 N–H and O–H groups in total. The minimum Gasteiger partial charge on any atom is -0.454 e. The Labute approximate surface area is 118 Å². The minimum atomic E-state index is -0.112. The number of rotatable bonds is 7. The molecular weight excluding hydrogens is 258 g/mol. The Morgan fingerprint density at radius 2 is 2.25 bits per heavy atom. The van der Waals surface area contributed by atoms with E-state index in [1.54, 1.807) is 6.08 Å². The molecule has 0 bridgehead atoms. The molecule has 20 heavy (non-hydrogen) atoms. The number of amides is 1. The molecule has 1 aromatic carbocycles. The number of fused-ring (bicyclic) bond motifs is 1. The van der Waals surface area contributed by atoms with Crippen LogP contribution < -0.4 is 14.8 Å². The van der Waals surface area contributed by atoms with Gasteiger partial charge in [0.2, 0.25) is 12.7 Å². The van der Waals surface area contributed by atoms with E-state index in [9.17, 15) is 4.79 Å². The zero-order valence-corrected chi connectivity index (χ0v) is 11.6. The van der Waals surface area contributed by atoms with Crippen LogP contribution in [0.1, 0.15) is 18.9 Å². The van der Waals surface area contributed by atoms with Crippen molar-refractivity contribution in [1.82, 2.24) is 5.32 Å². The van der Waals surface area contributed by atoms with Crippen LogP contribution in [0.4, 0.5) is 0 Å². The topological polar surface area (TPSA) is 56.8 Å². The Bertz CT molecular complexity index is 485. The van der Waals surface area contributed by atoms with E-state index < -0.39 is 0 Å². The second-order valence-electron chi connectivity index (χ2n) is 4.29. The summed E-state index contributed by atoms with van der Waals surface area (Å²) in [5.41, 5.74) is 0.902. The number of nitrogens with one attached hydrogen (secondary N) is 1. The maximum absolute atomic E-state index is 11.6. The number of carbonyl (C=O) groups excluding carboxylic acids is 1. The molecule has 1 aromatic rings. The predicted octanol–water partition coefficient (Wildman–Crippen LogP) is 1.97. The zero-order chi connectivity index (χ0) is 14.2. The van der Waals surface area contributed by atoms with E-state index >= 15 is 0 Å². The molecule has 5 heteroatoms. The molecule has 0 saturated heterocycles. The normalized spacial score (nSPS) is 12.8. The highest BCUT2D eigenvalue weighted by molar-refractivity contribution is 5.91. The molecule has 1 heterocycles. The maximum Gasteiger partial charge on any atom is 0.244 e. The highest BCUT2D eigenvalue weighted by Crippen LogP contribution is 2.32. The van der Waals surface area contributed by atoms with Crippen molar-refractivity contribution in [2.75, 3.05) is 26.6 Å². The second-order valence-corrected chi connectivity index (χ2v) is 4.29. The molecular formula is C15H19NO4. The lowest BCUT2D eigenvalue weighted by atomic mass is 10.2. The molecule has 0 fully saturated rings. The van der Waals surface area contributed by atoms with Crippen LogP contribution in [0.3, 0.4) is 0 Å². The molecule has 5 nitrogen and oxygen atoms in total. The fourth-order valence-electron chi connectivity index (χ4n) is 1.78. The number of hydrogen-bond acceptors (Lipinski definition) is 4. The molecule has 1 aliphatic heterocycles. The Balaban J connectivity index is 1.76. The van der Waals surface area contributed by atoms with Gasteiger partial charge in [-0.25, -0.2) is 0 Å². The van der Waals surface area contributed by atoms with Crippen LogP contribution in [0.15, 0.2) is 24.3 Å². The first-order chi connectivity index (χ1) is 9.79. The quantitative estimate of drug-likeness (QED) is 0.611. The van der Waals surface area contributed by atoms with Gasteiger partial charge in [0.15, 0.2) is 11.5 Å². The van der Waals surface area contributed by atoms with Crippen molar-refractivity contribution in [3.05, 3.63) is 29.8 Å². The first-order valence-corrected chi connectivity index (χ1v) is 6.73. The van der Waals surface area contributed by atoms with Gasteiger partial charge in [-0.2, -0.15) is 0 Å². The van der Waals surface area contributed by atoms with Crippen LogP contribution >= 0.6 is 0 Å². The summed E-state index contributed by atoms with van der Waals surface area (Å²) in [6.45, 7) is 4.19. The fraction of sp³-hybridized carbons (Fsp3) is 0.400. The Morgan fingerprint density at radius 1 is 1.40 bits per heavy atom. The molecule has 2 rings (SSSR count). The first-order valence-electron chi connectivity index (χ1n) is 6.73. The summed E-state index contributed by atoms with van der Waals surface area (Å²) in [5, 5.41) is 2.80. The van der Waals surface area contributed by atoms with Gasteiger partial charge in [-0.05, 0) is 37.1 Å². The summed E-state index contributed by atoms with van der Waals surface area (Å²) >= 11 is 0. The van der Waals surface area contributed by atoms with Crippen molar-refractivity contribution in [1.29, 1.82) is 0 Å². The summed E-state index contributed by atoms with van der Waals surface area (Å²) in [6, 6.07) is 5.57. The van der Waals surface area contributed by atoms with E-state index in [0.29, 0.717) is 25.5 Å². The molecule has 0 atom stereocenters. The van der Waals surface area contributed by atoms with Crippen molar-refractivity contribution >= 4 is 12.0 Å². The highest BCUT2D eigenvalue weighted by atomic mass is 16.7. The lowest BCUT2D eigenvalue weighted by Crippen LogP contribution is -2.23. The standard InChI is InChI=1S/C15H19NO4/c1-2-18-9-3-8-16-15(17)7-5-12-4-6-13-14(10-12)20-11-19-13/h4-7,10H,2-3,8-9,11H2,1H3,(H,16,17)/b7-5+. The van der Waals surface area contributed by atoms with Crippen LogP contribution in [-0.4, -0.2) is 32.5 Å². The third-order valence-corrected chi connectivity index (χ3v) is 2.79. The average Bonchev–Trinajstić information content (AvgIpc) is 2.92. The van der Waals surface area contributed by atoms with E-state index in [0.717, 1.165) is 17.7 Å². The molecule has 0 radical (unpaired) electrons. The number of ether oxygens (including phenoxy) is 3. The number of carbonyl (C=O) groups is 1. The highest BCUT2D eigenvalue weighted by Gasteiger charge is 2.12. The first kappa shape index (κ1) is 14.4. The smallest absolute Gasteiger partial charge is 0.244 e. The molecule has 0 saturated carbocycles. The molecule has 0 aliphatic carbocycles. The van der Waals surface area contributed by atoms with E-state index in [1.807, 2.05) is 25.1 Å². The lowest BCUT2D eigenvalue weighted by molar-refractivity contribution is -0.116. The van der Waals surface area contributed by atoms with E-state index in [-0.39, 0.29) is 12.7 Å². The van der Waals surface area contributed by atoms with Crippen molar-refractivity contribution in [3.63, 3.8) is 0 Å². The second kappa shape index (κ2) is 7.55. The van der Waals surface area contributed by atoms with Crippen molar-refractivity contribution in [2.45, 2.75) is 13.3 Å².